The van der Waals surface area contributed by atoms with Crippen LogP contribution in [0.1, 0.15) is 19.8 Å². The van der Waals surface area contributed by atoms with Crippen LogP contribution in [-0.4, -0.2) is 19.1 Å². The molecule has 0 N–H and O–H groups in total. The van der Waals surface area contributed by atoms with Crippen LogP contribution in [0.15, 0.2) is 0 Å². The Morgan fingerprint density at radius 1 is 1.70 bits per heavy atom. The molecular weight excluding hydrogens is 132 g/mol. The Bertz CT molecular complexity index is 139. The van der Waals surface area contributed by atoms with Crippen LogP contribution < -0.4 is 0 Å². The van der Waals surface area contributed by atoms with Crippen LogP contribution in [0.5, 0.6) is 0 Å². The predicted octanol–water partition coefficient (Wildman–Crippen LogP) is 1.18. The molecule has 0 fully saturated rings. The highest BCUT2D eigenvalue weighted by atomic mass is 16.5. The van der Waals surface area contributed by atoms with Gasteiger partial charge in [0, 0.05) is 6.42 Å². The van der Waals surface area contributed by atoms with Crippen molar-refractivity contribution in [3.8, 4) is 0 Å². The van der Waals surface area contributed by atoms with E-state index in [0.717, 1.165) is 6.42 Å². The fourth-order valence-corrected chi connectivity index (χ4v) is 0.477. The number of ether oxygens (including phenoxy) is 1. The van der Waals surface area contributed by atoms with E-state index in [1.54, 1.807) is 0 Å². The summed E-state index contributed by atoms with van der Waals surface area (Å²) in [6, 6.07) is 0. The van der Waals surface area contributed by atoms with Gasteiger partial charge in [0.05, 0.1) is 0 Å². The molecule has 0 atom stereocenters. The van der Waals surface area contributed by atoms with Crippen LogP contribution in [-0.2, 0) is 9.53 Å². The van der Waals surface area contributed by atoms with Crippen molar-refractivity contribution < 1.29 is 9.53 Å². The second kappa shape index (κ2) is 6.02. The maximum absolute atomic E-state index is 10.6. The molecule has 0 radical (unpaired) electrons. The predicted molar refractivity (Wildman–Crippen MR) is 35.8 cm³/mol. The molecule has 0 rings (SSSR count). The van der Waals surface area contributed by atoms with Crippen molar-refractivity contribution in [1.82, 2.24) is 0 Å². The minimum atomic E-state index is -0.230. The van der Waals surface area contributed by atoms with E-state index in [-0.39, 0.29) is 19.1 Å². The summed E-state index contributed by atoms with van der Waals surface area (Å²) < 4.78 is 4.63. The Morgan fingerprint density at radius 3 is 2.90 bits per heavy atom. The molecular formula is C6H11N2O2+. The first-order chi connectivity index (χ1) is 4.81. The summed E-state index contributed by atoms with van der Waals surface area (Å²) >= 11 is 0. The number of hydrogen-bond donors (Lipinski definition) is 0. The lowest BCUT2D eigenvalue weighted by Gasteiger charge is -1.95. The Labute approximate surface area is 59.8 Å². The average Bonchev–Trinajstić information content (AvgIpc) is 1.89. The lowest BCUT2D eigenvalue weighted by atomic mass is 10.3. The molecule has 4 heteroatoms. The van der Waals surface area contributed by atoms with E-state index in [4.69, 9.17) is 5.39 Å². The van der Waals surface area contributed by atoms with Crippen LogP contribution in [0.25, 0.3) is 4.98 Å². The molecule has 0 amide bonds. The Morgan fingerprint density at radius 2 is 2.40 bits per heavy atom. The summed E-state index contributed by atoms with van der Waals surface area (Å²) in [7, 11) is 0. The third kappa shape index (κ3) is 5.04. The van der Waals surface area contributed by atoms with Crippen LogP contribution in [0.3, 0.4) is 0 Å². The number of hydrogen-bond acceptors (Lipinski definition) is 3. The van der Waals surface area contributed by atoms with Gasteiger partial charge in [0.25, 0.3) is 0 Å². The molecule has 0 aromatic carbocycles. The molecule has 0 saturated heterocycles. The quantitative estimate of drug-likeness (QED) is 0.337. The third-order valence-electron chi connectivity index (χ3n) is 0.908. The van der Waals surface area contributed by atoms with Crippen molar-refractivity contribution in [2.75, 3.05) is 13.2 Å². The molecule has 0 unspecified atom stereocenters. The van der Waals surface area contributed by atoms with Gasteiger partial charge in [-0.25, -0.2) is 0 Å². The monoisotopic (exact) mass is 143 g/mol. The van der Waals surface area contributed by atoms with Crippen LogP contribution in [0, 0.1) is 5.39 Å². The topological polar surface area (TPSA) is 54.5 Å². The summed E-state index contributed by atoms with van der Waals surface area (Å²) in [6.07, 6.45) is 1.22. The van der Waals surface area contributed by atoms with Gasteiger partial charge in [-0.2, -0.15) is 0 Å². The van der Waals surface area contributed by atoms with Gasteiger partial charge in [-0.05, 0) is 6.42 Å². The number of rotatable bonds is 4. The van der Waals surface area contributed by atoms with Crippen molar-refractivity contribution in [3.63, 3.8) is 0 Å². The van der Waals surface area contributed by atoms with Gasteiger partial charge in [-0.3, -0.25) is 4.79 Å². The largest absolute Gasteiger partial charge is 0.457 e. The summed E-state index contributed by atoms with van der Waals surface area (Å²) in [4.78, 5) is 13.4. The number of carbonyl (C=O) groups is 1. The SMILES string of the molecule is CCCC(=O)OCC[N+]#N. The lowest BCUT2D eigenvalue weighted by molar-refractivity contribution is -0.143. The maximum atomic E-state index is 10.6. The first-order valence-corrected chi connectivity index (χ1v) is 3.27. The maximum Gasteiger partial charge on any atom is 0.338 e. The zero-order valence-electron chi connectivity index (χ0n) is 6.04. The van der Waals surface area contributed by atoms with E-state index < -0.39 is 0 Å². The Hall–Kier alpha value is -1.11. The van der Waals surface area contributed by atoms with Crippen LogP contribution in [0.4, 0.5) is 0 Å². The highest BCUT2D eigenvalue weighted by molar-refractivity contribution is 5.69. The highest BCUT2D eigenvalue weighted by Gasteiger charge is 2.01. The third-order valence-corrected chi connectivity index (χ3v) is 0.908. The van der Waals surface area contributed by atoms with E-state index in [9.17, 15) is 4.79 Å². The summed E-state index contributed by atoms with van der Waals surface area (Å²) in [6.45, 7) is 2.24. The van der Waals surface area contributed by atoms with Gasteiger partial charge in [0.2, 0.25) is 5.39 Å². The molecule has 0 aliphatic heterocycles. The normalized spacial score (nSPS) is 8.40. The van der Waals surface area contributed by atoms with Crippen molar-refractivity contribution in [3.05, 3.63) is 4.98 Å². The first-order valence-electron chi connectivity index (χ1n) is 3.27. The van der Waals surface area contributed by atoms with Gasteiger partial charge in [0.1, 0.15) is 4.98 Å². The fraction of sp³-hybridized carbons (Fsp3) is 0.833. The Balaban J connectivity index is 3.15. The van der Waals surface area contributed by atoms with Gasteiger partial charge in [0.15, 0.2) is 6.61 Å². The van der Waals surface area contributed by atoms with E-state index >= 15 is 0 Å². The molecule has 0 bridgehead atoms. The summed E-state index contributed by atoms with van der Waals surface area (Å²) in [5, 5.41) is 7.94. The van der Waals surface area contributed by atoms with Crippen molar-refractivity contribution in [2.45, 2.75) is 19.8 Å². The van der Waals surface area contributed by atoms with E-state index in [0.29, 0.717) is 6.42 Å². The molecule has 0 saturated carbocycles. The molecule has 0 heterocycles. The zero-order chi connectivity index (χ0) is 7.82. The standard InChI is InChI=1S/C6H11N2O2/c1-2-3-6(9)10-5-4-8-7/h2-5H2,1H3/q+1. The summed E-state index contributed by atoms with van der Waals surface area (Å²) in [5.41, 5.74) is 0. The molecule has 0 spiro atoms. The molecule has 0 aliphatic carbocycles. The highest BCUT2D eigenvalue weighted by Crippen LogP contribution is 1.90. The van der Waals surface area contributed by atoms with Gasteiger partial charge < -0.3 is 4.74 Å². The van der Waals surface area contributed by atoms with E-state index in [1.807, 2.05) is 6.92 Å². The number of esters is 1. The lowest BCUT2D eigenvalue weighted by Crippen LogP contribution is -2.06. The van der Waals surface area contributed by atoms with Crippen molar-refractivity contribution in [2.24, 2.45) is 0 Å². The number of carbonyl (C=O) groups excluding carboxylic acids is 1. The van der Waals surface area contributed by atoms with E-state index in [1.165, 1.54) is 0 Å². The van der Waals surface area contributed by atoms with Crippen molar-refractivity contribution >= 4 is 5.97 Å². The second-order valence-corrected chi connectivity index (χ2v) is 1.84. The van der Waals surface area contributed by atoms with Gasteiger partial charge >= 0.3 is 12.5 Å². The van der Waals surface area contributed by atoms with Crippen LogP contribution >= 0.6 is 0 Å². The smallest absolute Gasteiger partial charge is 0.338 e. The Kier molecular flexibility index (Phi) is 5.35. The molecule has 0 aromatic rings. The average molecular weight is 143 g/mol. The van der Waals surface area contributed by atoms with Crippen LogP contribution in [0.2, 0.25) is 0 Å². The van der Waals surface area contributed by atoms with Crippen molar-refractivity contribution in [1.29, 1.82) is 5.39 Å². The molecule has 0 aliphatic rings. The zero-order valence-corrected chi connectivity index (χ0v) is 6.04. The van der Waals surface area contributed by atoms with Gasteiger partial charge in [-0.1, -0.05) is 6.92 Å². The second-order valence-electron chi connectivity index (χ2n) is 1.84. The number of nitrogens with zero attached hydrogens (tertiary/aromatic N) is 2. The number of diazo groups is 1. The fourth-order valence-electron chi connectivity index (χ4n) is 0.477. The first kappa shape index (κ1) is 8.89. The summed E-state index contributed by atoms with van der Waals surface area (Å²) in [5.74, 6) is -0.230. The minimum absolute atomic E-state index is 0.162. The molecule has 56 valence electrons. The van der Waals surface area contributed by atoms with E-state index in [2.05, 4.69) is 9.71 Å². The van der Waals surface area contributed by atoms with Gasteiger partial charge in [-0.15, -0.1) is 0 Å². The molecule has 0 aromatic heterocycles. The molecule has 10 heavy (non-hydrogen) atoms. The minimum Gasteiger partial charge on any atom is -0.457 e. The molecule has 4 nitrogen and oxygen atoms in total.